The number of hydrogen-bond acceptors (Lipinski definition) is 4. The molecular formula is C14H14ClN3O2S. The minimum atomic E-state index is -3.68. The van der Waals surface area contributed by atoms with Crippen molar-refractivity contribution in [1.29, 1.82) is 0 Å². The Balaban J connectivity index is 1.75. The SMILES string of the molecule is O=S(=O)(Nc1ccc(NC2CC2)cn1)c1cccc(Cl)c1. The molecule has 1 aliphatic rings. The average molecular weight is 324 g/mol. The van der Waals surface area contributed by atoms with Crippen molar-refractivity contribution in [2.75, 3.05) is 10.0 Å². The zero-order valence-corrected chi connectivity index (χ0v) is 12.7. The summed E-state index contributed by atoms with van der Waals surface area (Å²) >= 11 is 5.81. The molecule has 1 saturated carbocycles. The quantitative estimate of drug-likeness (QED) is 0.887. The second kappa shape index (κ2) is 5.54. The summed E-state index contributed by atoms with van der Waals surface area (Å²) in [5, 5.41) is 3.66. The van der Waals surface area contributed by atoms with Gasteiger partial charge < -0.3 is 5.32 Å². The molecule has 7 heteroatoms. The molecule has 1 heterocycles. The van der Waals surface area contributed by atoms with E-state index in [9.17, 15) is 8.42 Å². The summed E-state index contributed by atoms with van der Waals surface area (Å²) in [5.41, 5.74) is 0.892. The Morgan fingerprint density at radius 2 is 2.00 bits per heavy atom. The standard InChI is InChI=1S/C14H14ClN3O2S/c15-10-2-1-3-13(8-10)21(19,20)18-14-7-6-12(9-16-14)17-11-4-5-11/h1-3,6-9,11,17H,4-5H2,(H,16,18). The first-order chi connectivity index (χ1) is 10.0. The molecule has 1 fully saturated rings. The zero-order valence-electron chi connectivity index (χ0n) is 11.1. The molecular weight excluding hydrogens is 310 g/mol. The number of rotatable bonds is 5. The van der Waals surface area contributed by atoms with Crippen LogP contribution in [0.1, 0.15) is 12.8 Å². The third kappa shape index (κ3) is 3.65. The lowest BCUT2D eigenvalue weighted by Crippen LogP contribution is -2.14. The predicted molar refractivity (Wildman–Crippen MR) is 83.1 cm³/mol. The first kappa shape index (κ1) is 14.2. The maximum atomic E-state index is 12.2. The Morgan fingerprint density at radius 3 is 2.62 bits per heavy atom. The van der Waals surface area contributed by atoms with Crippen molar-refractivity contribution in [3.05, 3.63) is 47.6 Å². The highest BCUT2D eigenvalue weighted by molar-refractivity contribution is 7.92. The van der Waals surface area contributed by atoms with Crippen molar-refractivity contribution < 1.29 is 8.42 Å². The lowest BCUT2D eigenvalue weighted by atomic mass is 10.4. The third-order valence-electron chi connectivity index (χ3n) is 3.06. The normalized spacial score (nSPS) is 14.7. The van der Waals surface area contributed by atoms with Gasteiger partial charge in [0.15, 0.2) is 0 Å². The van der Waals surface area contributed by atoms with Crippen molar-refractivity contribution in [2.45, 2.75) is 23.8 Å². The lowest BCUT2D eigenvalue weighted by Gasteiger charge is -2.09. The largest absolute Gasteiger partial charge is 0.381 e. The maximum Gasteiger partial charge on any atom is 0.263 e. The van der Waals surface area contributed by atoms with Crippen LogP contribution >= 0.6 is 11.6 Å². The molecule has 5 nitrogen and oxygen atoms in total. The molecule has 21 heavy (non-hydrogen) atoms. The second-order valence-corrected chi connectivity index (χ2v) is 7.03. The summed E-state index contributed by atoms with van der Waals surface area (Å²) < 4.78 is 26.8. The number of anilines is 2. The van der Waals surface area contributed by atoms with E-state index in [1.165, 1.54) is 25.0 Å². The molecule has 0 spiro atoms. The van der Waals surface area contributed by atoms with E-state index in [0.717, 1.165) is 5.69 Å². The van der Waals surface area contributed by atoms with E-state index >= 15 is 0 Å². The number of benzene rings is 1. The predicted octanol–water partition coefficient (Wildman–Crippen LogP) is 3.11. The van der Waals surface area contributed by atoms with E-state index in [4.69, 9.17) is 11.6 Å². The number of nitrogens with zero attached hydrogens (tertiary/aromatic N) is 1. The minimum Gasteiger partial charge on any atom is -0.381 e. The van der Waals surface area contributed by atoms with Crippen LogP contribution in [-0.2, 0) is 10.0 Å². The first-order valence-corrected chi connectivity index (χ1v) is 8.40. The highest BCUT2D eigenvalue weighted by atomic mass is 35.5. The highest BCUT2D eigenvalue weighted by Gasteiger charge is 2.21. The smallest absolute Gasteiger partial charge is 0.263 e. The molecule has 0 radical (unpaired) electrons. The van der Waals surface area contributed by atoms with Crippen LogP contribution in [0, 0.1) is 0 Å². The van der Waals surface area contributed by atoms with E-state index in [1.807, 2.05) is 0 Å². The van der Waals surface area contributed by atoms with Crippen molar-refractivity contribution in [2.24, 2.45) is 0 Å². The van der Waals surface area contributed by atoms with Gasteiger partial charge in [-0.25, -0.2) is 13.4 Å². The summed E-state index contributed by atoms with van der Waals surface area (Å²) in [6, 6.07) is 10.1. The van der Waals surface area contributed by atoms with Gasteiger partial charge in [0, 0.05) is 11.1 Å². The molecule has 0 bridgehead atoms. The van der Waals surface area contributed by atoms with Crippen LogP contribution in [-0.4, -0.2) is 19.4 Å². The van der Waals surface area contributed by atoms with E-state index in [2.05, 4.69) is 15.0 Å². The Kier molecular flexibility index (Phi) is 3.73. The molecule has 0 aliphatic heterocycles. The van der Waals surface area contributed by atoms with Gasteiger partial charge in [0.2, 0.25) is 0 Å². The van der Waals surface area contributed by atoms with Crippen LogP contribution in [0.3, 0.4) is 0 Å². The van der Waals surface area contributed by atoms with Crippen molar-refractivity contribution in [3.63, 3.8) is 0 Å². The van der Waals surface area contributed by atoms with Crippen molar-refractivity contribution in [1.82, 2.24) is 4.98 Å². The number of nitrogens with one attached hydrogen (secondary N) is 2. The van der Waals surface area contributed by atoms with Gasteiger partial charge in [-0.15, -0.1) is 0 Å². The Hall–Kier alpha value is -1.79. The fourth-order valence-electron chi connectivity index (χ4n) is 1.83. The maximum absolute atomic E-state index is 12.2. The third-order valence-corrected chi connectivity index (χ3v) is 4.64. The summed E-state index contributed by atoms with van der Waals surface area (Å²) in [6.45, 7) is 0. The Bertz CT molecular complexity index is 743. The van der Waals surface area contributed by atoms with Crippen LogP contribution in [0.25, 0.3) is 0 Å². The molecule has 2 N–H and O–H groups in total. The Morgan fingerprint density at radius 1 is 1.19 bits per heavy atom. The fraction of sp³-hybridized carbons (Fsp3) is 0.214. The lowest BCUT2D eigenvalue weighted by molar-refractivity contribution is 0.601. The van der Waals surface area contributed by atoms with Crippen LogP contribution < -0.4 is 10.0 Å². The zero-order chi connectivity index (χ0) is 14.9. The highest BCUT2D eigenvalue weighted by Crippen LogP contribution is 2.25. The summed E-state index contributed by atoms with van der Waals surface area (Å²) in [4.78, 5) is 4.22. The molecule has 0 atom stereocenters. The van der Waals surface area contributed by atoms with Crippen LogP contribution in [0.15, 0.2) is 47.5 Å². The number of hydrogen-bond donors (Lipinski definition) is 2. The van der Waals surface area contributed by atoms with Gasteiger partial charge in [-0.3, -0.25) is 4.72 Å². The monoisotopic (exact) mass is 323 g/mol. The fourth-order valence-corrected chi connectivity index (χ4v) is 3.14. The molecule has 3 rings (SSSR count). The van der Waals surface area contributed by atoms with Crippen LogP contribution in [0.5, 0.6) is 0 Å². The number of halogens is 1. The number of aromatic nitrogens is 1. The van der Waals surface area contributed by atoms with Crippen molar-refractivity contribution >= 4 is 33.1 Å². The number of sulfonamides is 1. The van der Waals surface area contributed by atoms with Crippen molar-refractivity contribution in [3.8, 4) is 0 Å². The van der Waals surface area contributed by atoms with Gasteiger partial charge in [-0.1, -0.05) is 17.7 Å². The second-order valence-electron chi connectivity index (χ2n) is 4.91. The number of pyridine rings is 1. The van der Waals surface area contributed by atoms with Gasteiger partial charge in [0.25, 0.3) is 10.0 Å². The average Bonchev–Trinajstić information content (AvgIpc) is 3.25. The molecule has 1 aliphatic carbocycles. The molecule has 0 amide bonds. The van der Waals surface area contributed by atoms with E-state index < -0.39 is 10.0 Å². The topological polar surface area (TPSA) is 71.1 Å². The first-order valence-electron chi connectivity index (χ1n) is 6.54. The summed E-state index contributed by atoms with van der Waals surface area (Å²) in [7, 11) is -3.68. The summed E-state index contributed by atoms with van der Waals surface area (Å²) in [6.07, 6.45) is 3.96. The van der Waals surface area contributed by atoms with E-state index in [1.54, 1.807) is 30.5 Å². The van der Waals surface area contributed by atoms with E-state index in [-0.39, 0.29) is 10.7 Å². The molecule has 0 saturated heterocycles. The minimum absolute atomic E-state index is 0.108. The van der Waals surface area contributed by atoms with Crippen LogP contribution in [0.4, 0.5) is 11.5 Å². The Labute approximate surface area is 128 Å². The molecule has 0 unspecified atom stereocenters. The van der Waals surface area contributed by atoms with E-state index in [0.29, 0.717) is 11.1 Å². The van der Waals surface area contributed by atoms with Gasteiger partial charge in [0.1, 0.15) is 5.82 Å². The molecule has 1 aromatic heterocycles. The van der Waals surface area contributed by atoms with Crippen LogP contribution in [0.2, 0.25) is 5.02 Å². The van der Waals surface area contributed by atoms with Gasteiger partial charge in [-0.2, -0.15) is 0 Å². The molecule has 110 valence electrons. The molecule has 2 aromatic rings. The van der Waals surface area contributed by atoms with Gasteiger partial charge in [0.05, 0.1) is 16.8 Å². The van der Waals surface area contributed by atoms with Gasteiger partial charge in [-0.05, 0) is 43.2 Å². The summed E-state index contributed by atoms with van der Waals surface area (Å²) in [5.74, 6) is 0.274. The van der Waals surface area contributed by atoms with Gasteiger partial charge >= 0.3 is 0 Å². The molecule has 1 aromatic carbocycles.